The van der Waals surface area contributed by atoms with Crippen LogP contribution in [0, 0.1) is 5.92 Å². The van der Waals surface area contributed by atoms with Crippen molar-refractivity contribution in [2.75, 3.05) is 44.9 Å². The van der Waals surface area contributed by atoms with E-state index in [2.05, 4.69) is 15.2 Å². The molecule has 4 heterocycles. The molecule has 0 atom stereocenters. The van der Waals surface area contributed by atoms with Gasteiger partial charge >= 0.3 is 0 Å². The molecule has 0 spiro atoms. The van der Waals surface area contributed by atoms with E-state index in [1.807, 2.05) is 18.7 Å². The van der Waals surface area contributed by atoms with Gasteiger partial charge in [0.1, 0.15) is 23.0 Å². The van der Waals surface area contributed by atoms with Gasteiger partial charge in [0.25, 0.3) is 6.43 Å². The number of piperazine rings is 1. The molecule has 0 bridgehead atoms. The summed E-state index contributed by atoms with van der Waals surface area (Å²) in [7, 11) is -2.79. The third kappa shape index (κ3) is 5.93. The highest BCUT2D eigenvalue weighted by Gasteiger charge is 2.53. The maximum absolute atomic E-state index is 14.6. The van der Waals surface area contributed by atoms with Crippen LogP contribution >= 0.6 is 11.3 Å². The van der Waals surface area contributed by atoms with E-state index in [-0.39, 0.29) is 28.3 Å². The zero-order valence-corrected chi connectivity index (χ0v) is 27.2. The lowest BCUT2D eigenvalue weighted by Crippen LogP contribution is -2.50. The fourth-order valence-corrected chi connectivity index (χ4v) is 8.18. The number of hydrogen-bond donors (Lipinski definition) is 0. The number of methoxy groups -OCH3 is 1. The van der Waals surface area contributed by atoms with Crippen molar-refractivity contribution in [3.63, 3.8) is 0 Å². The van der Waals surface area contributed by atoms with Crippen molar-refractivity contribution >= 4 is 38.6 Å². The molecule has 0 N–H and O–H groups in total. The zero-order valence-electron chi connectivity index (χ0n) is 25.6. The number of pyridine rings is 1. The minimum absolute atomic E-state index is 0.0328. The Labute approximate surface area is 268 Å². The number of halogens is 3. The molecule has 4 aromatic rings. The molecule has 2 fully saturated rings. The van der Waals surface area contributed by atoms with E-state index in [4.69, 9.17) is 4.74 Å². The second-order valence-electron chi connectivity index (χ2n) is 11.8. The van der Waals surface area contributed by atoms with Crippen molar-refractivity contribution in [3.8, 4) is 16.5 Å². The molecule has 16 heteroatoms. The number of carbonyl (C=O) groups is 1. The number of imidazole rings is 1. The molecule has 1 amide bonds. The van der Waals surface area contributed by atoms with E-state index in [9.17, 15) is 26.4 Å². The SMILES string of the molecule is COc1ccc(CN(C2(CF)CC2)S(=O)(=O)c2cc(N3CCN(C(=O)C(C)C)CC3)c3ncc(-c4nnc(C(F)F)s4)n3c2)cc1. The van der Waals surface area contributed by atoms with Crippen molar-refractivity contribution in [2.45, 2.75) is 50.1 Å². The monoisotopic (exact) mass is 677 g/mol. The highest BCUT2D eigenvalue weighted by Crippen LogP contribution is 2.46. The number of nitrogens with zero attached hydrogens (tertiary/aromatic N) is 7. The van der Waals surface area contributed by atoms with E-state index in [1.54, 1.807) is 29.2 Å². The zero-order chi connectivity index (χ0) is 32.8. The van der Waals surface area contributed by atoms with Crippen LogP contribution in [-0.4, -0.2) is 88.6 Å². The van der Waals surface area contributed by atoms with Crippen LogP contribution < -0.4 is 9.64 Å². The summed E-state index contributed by atoms with van der Waals surface area (Å²) in [6, 6.07) is 8.45. The number of alkyl halides is 3. The first-order valence-corrected chi connectivity index (χ1v) is 17.1. The molecule has 0 unspecified atom stereocenters. The molecule has 3 aromatic heterocycles. The Balaban J connectivity index is 1.45. The van der Waals surface area contributed by atoms with E-state index in [1.165, 1.54) is 34.3 Å². The fourth-order valence-electron chi connectivity index (χ4n) is 5.66. The smallest absolute Gasteiger partial charge is 0.291 e. The number of aromatic nitrogens is 4. The summed E-state index contributed by atoms with van der Waals surface area (Å²) in [5.74, 6) is 0.480. The molecule has 11 nitrogen and oxygen atoms in total. The first kappa shape index (κ1) is 32.2. The summed E-state index contributed by atoms with van der Waals surface area (Å²) in [6.07, 6.45) is 0.759. The second-order valence-corrected chi connectivity index (χ2v) is 14.7. The van der Waals surface area contributed by atoms with Crippen LogP contribution in [0.4, 0.5) is 18.9 Å². The summed E-state index contributed by atoms with van der Waals surface area (Å²) in [6.45, 7) is 4.45. The molecule has 0 radical (unpaired) electrons. The maximum Gasteiger partial charge on any atom is 0.291 e. The van der Waals surface area contributed by atoms with Gasteiger partial charge in [0.05, 0.1) is 24.5 Å². The lowest BCUT2D eigenvalue weighted by Gasteiger charge is -2.37. The molecule has 1 aromatic carbocycles. The van der Waals surface area contributed by atoms with Gasteiger partial charge in [-0.3, -0.25) is 9.20 Å². The first-order chi connectivity index (χ1) is 22.0. The maximum atomic E-state index is 14.6. The summed E-state index contributed by atoms with van der Waals surface area (Å²) >= 11 is 0.693. The molecule has 1 saturated heterocycles. The van der Waals surface area contributed by atoms with Crippen LogP contribution in [0.15, 0.2) is 47.6 Å². The molecule has 2 aliphatic rings. The molecule has 46 heavy (non-hydrogen) atoms. The number of hydrogen-bond acceptors (Lipinski definition) is 9. The van der Waals surface area contributed by atoms with Crippen LogP contribution in [0.1, 0.15) is 43.7 Å². The Hall–Kier alpha value is -3.76. The van der Waals surface area contributed by atoms with Gasteiger partial charge < -0.3 is 14.5 Å². The minimum Gasteiger partial charge on any atom is -0.497 e. The van der Waals surface area contributed by atoms with Crippen molar-refractivity contribution in [1.29, 1.82) is 0 Å². The van der Waals surface area contributed by atoms with Gasteiger partial charge in [0.2, 0.25) is 15.9 Å². The van der Waals surface area contributed by atoms with E-state index >= 15 is 0 Å². The number of amides is 1. The Morgan fingerprint density at radius 3 is 2.37 bits per heavy atom. The summed E-state index contributed by atoms with van der Waals surface area (Å²) in [5.41, 5.74) is 0.643. The van der Waals surface area contributed by atoms with Gasteiger partial charge in [-0.2, -0.15) is 4.31 Å². The predicted octanol–water partition coefficient (Wildman–Crippen LogP) is 4.80. The van der Waals surface area contributed by atoms with Crippen molar-refractivity contribution in [3.05, 3.63) is 53.3 Å². The van der Waals surface area contributed by atoms with Crippen molar-refractivity contribution in [2.24, 2.45) is 5.92 Å². The van der Waals surface area contributed by atoms with Crippen LogP contribution in [0.2, 0.25) is 0 Å². The predicted molar refractivity (Wildman–Crippen MR) is 166 cm³/mol. The molecular weight excluding hydrogens is 644 g/mol. The van der Waals surface area contributed by atoms with Crippen molar-refractivity contribution < 1.29 is 31.1 Å². The fraction of sp³-hybridized carbons (Fsp3) is 0.467. The van der Waals surface area contributed by atoms with Gasteiger partial charge in [0, 0.05) is 44.8 Å². The van der Waals surface area contributed by atoms with Crippen LogP contribution in [0.5, 0.6) is 5.75 Å². The lowest BCUT2D eigenvalue weighted by molar-refractivity contribution is -0.134. The van der Waals surface area contributed by atoms with E-state index in [0.717, 1.165) is 0 Å². The first-order valence-electron chi connectivity index (χ1n) is 14.9. The normalized spacial score (nSPS) is 16.6. The number of anilines is 1. The van der Waals surface area contributed by atoms with Gasteiger partial charge in [-0.15, -0.1) is 10.2 Å². The number of fused-ring (bicyclic) bond motifs is 1. The van der Waals surface area contributed by atoms with Crippen LogP contribution in [-0.2, 0) is 21.4 Å². The van der Waals surface area contributed by atoms with Crippen molar-refractivity contribution in [1.82, 2.24) is 28.8 Å². The number of benzene rings is 1. The van der Waals surface area contributed by atoms with Gasteiger partial charge in [-0.05, 0) is 36.6 Å². The van der Waals surface area contributed by atoms with Gasteiger partial charge in [-0.25, -0.2) is 26.6 Å². The second kappa shape index (κ2) is 12.4. The Morgan fingerprint density at radius 2 is 1.80 bits per heavy atom. The number of rotatable bonds is 11. The van der Waals surface area contributed by atoms with Gasteiger partial charge in [-0.1, -0.05) is 37.3 Å². The van der Waals surface area contributed by atoms with E-state index in [0.29, 0.717) is 78.7 Å². The number of sulfonamides is 1. The van der Waals surface area contributed by atoms with E-state index < -0.39 is 33.7 Å². The lowest BCUT2D eigenvalue weighted by atomic mass is 10.1. The Morgan fingerprint density at radius 1 is 1.11 bits per heavy atom. The third-order valence-corrected chi connectivity index (χ3v) is 11.4. The third-order valence-electron chi connectivity index (χ3n) is 8.51. The minimum atomic E-state index is -4.33. The largest absolute Gasteiger partial charge is 0.497 e. The van der Waals surface area contributed by atoms with Gasteiger partial charge in [0.15, 0.2) is 15.7 Å². The average Bonchev–Trinajstić information content (AvgIpc) is 3.46. The average molecular weight is 678 g/mol. The standard InChI is InChI=1S/C30H34F3N7O4S2/c1-19(2)29(41)38-12-10-37(11-13-38)23-14-22(17-39-24(15-34-26(23)39)27-35-36-28(45-27)25(32)33)46(42,43)40(30(18-31)8-9-30)16-20-4-6-21(44-3)7-5-20/h4-7,14-15,17,19,25H,8-13,16,18H2,1-3H3. The Kier molecular flexibility index (Phi) is 8.71. The topological polar surface area (TPSA) is 113 Å². The van der Waals surface area contributed by atoms with Crippen LogP contribution in [0.25, 0.3) is 16.3 Å². The highest BCUT2D eigenvalue weighted by atomic mass is 32.2. The number of carbonyl (C=O) groups excluding carboxylic acids is 1. The summed E-state index contributed by atoms with van der Waals surface area (Å²) in [4.78, 5) is 20.8. The quantitative estimate of drug-likeness (QED) is 0.223. The molecule has 246 valence electrons. The molecule has 1 saturated carbocycles. The molecule has 1 aliphatic heterocycles. The highest BCUT2D eigenvalue weighted by molar-refractivity contribution is 7.89. The molecular formula is C30H34F3N7O4S2. The molecule has 1 aliphatic carbocycles. The number of ether oxygens (including phenoxy) is 1. The summed E-state index contributed by atoms with van der Waals surface area (Å²) in [5, 5.41) is 7.20. The van der Waals surface area contributed by atoms with Crippen LogP contribution in [0.3, 0.4) is 0 Å². The Bertz CT molecular complexity index is 1830. The molecule has 6 rings (SSSR count). The summed E-state index contributed by atoms with van der Waals surface area (Å²) < 4.78 is 78.5.